The van der Waals surface area contributed by atoms with Crippen molar-refractivity contribution >= 4 is 27.3 Å². The fourth-order valence-electron chi connectivity index (χ4n) is 1.33. The molecule has 0 aliphatic heterocycles. The predicted molar refractivity (Wildman–Crippen MR) is 67.8 cm³/mol. The van der Waals surface area contributed by atoms with Crippen LogP contribution in [-0.4, -0.2) is 6.04 Å². The molecule has 1 rings (SSSR count). The molecular weight excluding hydrogens is 258 g/mol. The van der Waals surface area contributed by atoms with Crippen LogP contribution in [0.5, 0.6) is 0 Å². The van der Waals surface area contributed by atoms with Crippen LogP contribution in [0.3, 0.4) is 0 Å². The molecule has 1 aromatic heterocycles. The van der Waals surface area contributed by atoms with Crippen molar-refractivity contribution in [2.24, 2.45) is 11.7 Å². The lowest BCUT2D eigenvalue weighted by molar-refractivity contribution is 0.453. The molecule has 0 radical (unpaired) electrons. The standard InChI is InChI=1S/C11H18BrNS/c1-8(2)10(13)5-3-4-9-6-7-11(12)14-9/h6-8,10H,3-5,13H2,1-2H3. The molecule has 0 saturated heterocycles. The Kier molecular flexibility index (Phi) is 5.13. The normalized spacial score (nSPS) is 13.5. The maximum Gasteiger partial charge on any atom is 0.0701 e. The van der Waals surface area contributed by atoms with Crippen molar-refractivity contribution in [3.63, 3.8) is 0 Å². The third-order valence-electron chi connectivity index (χ3n) is 2.45. The van der Waals surface area contributed by atoms with Gasteiger partial charge in [-0.05, 0) is 53.2 Å². The molecule has 1 unspecified atom stereocenters. The number of rotatable bonds is 5. The Bertz CT molecular complexity index is 270. The minimum atomic E-state index is 0.360. The number of halogens is 1. The van der Waals surface area contributed by atoms with E-state index in [4.69, 9.17) is 5.73 Å². The molecular formula is C11H18BrNS. The summed E-state index contributed by atoms with van der Waals surface area (Å²) in [5, 5.41) is 0. The van der Waals surface area contributed by atoms with Crippen molar-refractivity contribution in [1.82, 2.24) is 0 Å². The van der Waals surface area contributed by atoms with E-state index in [1.54, 1.807) is 0 Å². The molecule has 0 bridgehead atoms. The fourth-order valence-corrected chi connectivity index (χ4v) is 2.86. The van der Waals surface area contributed by atoms with Crippen molar-refractivity contribution in [2.75, 3.05) is 0 Å². The van der Waals surface area contributed by atoms with Gasteiger partial charge >= 0.3 is 0 Å². The van der Waals surface area contributed by atoms with E-state index in [2.05, 4.69) is 41.9 Å². The highest BCUT2D eigenvalue weighted by Crippen LogP contribution is 2.23. The molecule has 1 atom stereocenters. The second kappa shape index (κ2) is 5.89. The molecule has 0 saturated carbocycles. The van der Waals surface area contributed by atoms with Gasteiger partial charge in [0, 0.05) is 10.9 Å². The first-order valence-corrected chi connectivity index (χ1v) is 6.70. The highest BCUT2D eigenvalue weighted by Gasteiger charge is 2.07. The Hall–Kier alpha value is 0.140. The third-order valence-corrected chi connectivity index (χ3v) is 4.13. The van der Waals surface area contributed by atoms with Crippen molar-refractivity contribution in [1.29, 1.82) is 0 Å². The molecule has 0 spiro atoms. The molecule has 0 aromatic carbocycles. The van der Waals surface area contributed by atoms with E-state index in [1.807, 2.05) is 11.3 Å². The Morgan fingerprint density at radius 1 is 1.43 bits per heavy atom. The quantitative estimate of drug-likeness (QED) is 0.869. The monoisotopic (exact) mass is 275 g/mol. The lowest BCUT2D eigenvalue weighted by atomic mass is 9.99. The number of aryl methyl sites for hydroxylation is 1. The van der Waals surface area contributed by atoms with Gasteiger partial charge in [-0.3, -0.25) is 0 Å². The van der Waals surface area contributed by atoms with E-state index in [0.29, 0.717) is 12.0 Å². The number of hydrogen-bond donors (Lipinski definition) is 1. The summed E-state index contributed by atoms with van der Waals surface area (Å²) >= 11 is 5.29. The summed E-state index contributed by atoms with van der Waals surface area (Å²) in [4.78, 5) is 1.45. The van der Waals surface area contributed by atoms with Gasteiger partial charge in [0.05, 0.1) is 3.79 Å². The Morgan fingerprint density at radius 2 is 2.14 bits per heavy atom. The molecule has 2 N–H and O–H groups in total. The Labute approximate surface area is 98.8 Å². The summed E-state index contributed by atoms with van der Waals surface area (Å²) in [6.07, 6.45) is 3.50. The van der Waals surface area contributed by atoms with Crippen LogP contribution in [0.25, 0.3) is 0 Å². The summed E-state index contributed by atoms with van der Waals surface area (Å²) in [6.45, 7) is 4.37. The van der Waals surface area contributed by atoms with Gasteiger partial charge in [-0.25, -0.2) is 0 Å². The molecule has 1 heterocycles. The molecule has 0 fully saturated rings. The van der Waals surface area contributed by atoms with E-state index in [9.17, 15) is 0 Å². The lowest BCUT2D eigenvalue weighted by Gasteiger charge is -2.14. The van der Waals surface area contributed by atoms with Gasteiger partial charge in [0.2, 0.25) is 0 Å². The van der Waals surface area contributed by atoms with Crippen molar-refractivity contribution in [2.45, 2.75) is 39.2 Å². The van der Waals surface area contributed by atoms with Gasteiger partial charge in [0.25, 0.3) is 0 Å². The highest BCUT2D eigenvalue weighted by atomic mass is 79.9. The summed E-state index contributed by atoms with van der Waals surface area (Å²) in [5.74, 6) is 0.602. The first-order valence-electron chi connectivity index (χ1n) is 5.09. The van der Waals surface area contributed by atoms with E-state index in [-0.39, 0.29) is 0 Å². The van der Waals surface area contributed by atoms with E-state index < -0.39 is 0 Å². The number of thiophene rings is 1. The molecule has 80 valence electrons. The van der Waals surface area contributed by atoms with E-state index in [0.717, 1.165) is 12.8 Å². The fraction of sp³-hybridized carbons (Fsp3) is 0.636. The Morgan fingerprint density at radius 3 is 2.64 bits per heavy atom. The molecule has 1 nitrogen and oxygen atoms in total. The molecule has 3 heteroatoms. The molecule has 0 aliphatic rings. The van der Waals surface area contributed by atoms with Gasteiger partial charge < -0.3 is 5.73 Å². The van der Waals surface area contributed by atoms with Gasteiger partial charge in [0.1, 0.15) is 0 Å². The van der Waals surface area contributed by atoms with Crippen molar-refractivity contribution in [3.8, 4) is 0 Å². The van der Waals surface area contributed by atoms with Crippen LogP contribution in [0.15, 0.2) is 15.9 Å². The van der Waals surface area contributed by atoms with Crippen LogP contribution in [0.4, 0.5) is 0 Å². The zero-order valence-electron chi connectivity index (χ0n) is 8.79. The molecule has 0 aliphatic carbocycles. The maximum atomic E-state index is 5.98. The highest BCUT2D eigenvalue weighted by molar-refractivity contribution is 9.11. The smallest absolute Gasteiger partial charge is 0.0701 e. The maximum absolute atomic E-state index is 5.98. The molecule has 1 aromatic rings. The third kappa shape index (κ3) is 4.11. The molecule has 14 heavy (non-hydrogen) atoms. The van der Waals surface area contributed by atoms with Gasteiger partial charge in [-0.15, -0.1) is 11.3 Å². The second-order valence-electron chi connectivity index (χ2n) is 4.01. The van der Waals surface area contributed by atoms with Gasteiger partial charge in [-0.1, -0.05) is 13.8 Å². The van der Waals surface area contributed by atoms with Crippen LogP contribution in [0, 0.1) is 5.92 Å². The first-order chi connectivity index (χ1) is 6.59. The number of hydrogen-bond acceptors (Lipinski definition) is 2. The second-order valence-corrected chi connectivity index (χ2v) is 6.55. The predicted octanol–water partition coefficient (Wildman–Crippen LogP) is 3.82. The summed E-state index contributed by atoms with van der Waals surface area (Å²) in [7, 11) is 0. The average molecular weight is 276 g/mol. The summed E-state index contributed by atoms with van der Waals surface area (Å²) in [6, 6.07) is 4.66. The van der Waals surface area contributed by atoms with Crippen LogP contribution in [0.2, 0.25) is 0 Å². The summed E-state index contributed by atoms with van der Waals surface area (Å²) < 4.78 is 1.22. The molecule has 0 amide bonds. The van der Waals surface area contributed by atoms with E-state index in [1.165, 1.54) is 15.1 Å². The summed E-state index contributed by atoms with van der Waals surface area (Å²) in [5.41, 5.74) is 5.98. The largest absolute Gasteiger partial charge is 0.327 e. The lowest BCUT2D eigenvalue weighted by Crippen LogP contribution is -2.26. The zero-order chi connectivity index (χ0) is 10.6. The van der Waals surface area contributed by atoms with Crippen LogP contribution < -0.4 is 5.73 Å². The minimum Gasteiger partial charge on any atom is -0.327 e. The first kappa shape index (κ1) is 12.2. The van der Waals surface area contributed by atoms with Crippen molar-refractivity contribution in [3.05, 3.63) is 20.8 Å². The van der Waals surface area contributed by atoms with Crippen LogP contribution in [-0.2, 0) is 6.42 Å². The van der Waals surface area contributed by atoms with Crippen molar-refractivity contribution < 1.29 is 0 Å². The van der Waals surface area contributed by atoms with Crippen LogP contribution in [0.1, 0.15) is 31.6 Å². The van der Waals surface area contributed by atoms with Crippen LogP contribution >= 0.6 is 27.3 Å². The Balaban J connectivity index is 2.22. The number of nitrogens with two attached hydrogens (primary N) is 1. The van der Waals surface area contributed by atoms with Gasteiger partial charge in [-0.2, -0.15) is 0 Å². The topological polar surface area (TPSA) is 26.0 Å². The van der Waals surface area contributed by atoms with E-state index >= 15 is 0 Å². The zero-order valence-corrected chi connectivity index (χ0v) is 11.2. The minimum absolute atomic E-state index is 0.360. The van der Waals surface area contributed by atoms with Gasteiger partial charge in [0.15, 0.2) is 0 Å². The average Bonchev–Trinajstić information content (AvgIpc) is 2.51. The SMILES string of the molecule is CC(C)C(N)CCCc1ccc(Br)s1.